The van der Waals surface area contributed by atoms with Gasteiger partial charge in [0, 0.05) is 14.7 Å². The Bertz CT molecular complexity index is 891. The molecule has 0 fully saturated rings. The molecule has 4 heteroatoms. The van der Waals surface area contributed by atoms with E-state index in [1.165, 1.54) is 0 Å². The molecule has 3 aromatic rings. The van der Waals surface area contributed by atoms with Crippen molar-refractivity contribution in [2.45, 2.75) is 0 Å². The van der Waals surface area contributed by atoms with Crippen LogP contribution in [-0.2, 0) is 0 Å². The van der Waals surface area contributed by atoms with Gasteiger partial charge in [0.25, 0.3) is 5.91 Å². The number of amides is 1. The minimum absolute atomic E-state index is 0.163. The Morgan fingerprint density at radius 1 is 0.708 bits per heavy atom. The second-order valence-electron chi connectivity index (χ2n) is 5.17. The monoisotopic (exact) mass is 427 g/mol. The predicted octanol–water partition coefficient (Wildman–Crippen LogP) is 4.77. The molecule has 0 aliphatic heterocycles. The summed E-state index contributed by atoms with van der Waals surface area (Å²) >= 11 is 2.16. The molecule has 118 valence electrons. The zero-order valence-electron chi connectivity index (χ0n) is 12.7. The molecule has 0 heterocycles. The Hall–Kier alpha value is -2.47. The standard InChI is InChI=1S/C20H14INO2/c21-17-12-6-7-13-18(17)22-20(24)16-11-5-4-10-15(16)19(23)14-8-2-1-3-9-14/h1-13H,(H,22,24). The van der Waals surface area contributed by atoms with Gasteiger partial charge in [-0.25, -0.2) is 0 Å². The van der Waals surface area contributed by atoms with E-state index < -0.39 is 0 Å². The van der Waals surface area contributed by atoms with Gasteiger partial charge in [-0.15, -0.1) is 0 Å². The van der Waals surface area contributed by atoms with Gasteiger partial charge in [-0.1, -0.05) is 60.7 Å². The number of benzene rings is 3. The van der Waals surface area contributed by atoms with E-state index in [9.17, 15) is 9.59 Å². The summed E-state index contributed by atoms with van der Waals surface area (Å²) in [4.78, 5) is 25.4. The Kier molecular flexibility index (Phi) is 5.05. The second-order valence-corrected chi connectivity index (χ2v) is 6.34. The Morgan fingerprint density at radius 3 is 2.00 bits per heavy atom. The SMILES string of the molecule is O=C(Nc1ccccc1I)c1ccccc1C(=O)c1ccccc1. The van der Waals surface area contributed by atoms with Crippen LogP contribution in [-0.4, -0.2) is 11.7 Å². The molecule has 1 amide bonds. The number of hydrogen-bond donors (Lipinski definition) is 1. The summed E-state index contributed by atoms with van der Waals surface area (Å²) < 4.78 is 0.940. The maximum Gasteiger partial charge on any atom is 0.256 e. The van der Waals surface area contributed by atoms with E-state index in [1.54, 1.807) is 36.4 Å². The molecule has 0 bridgehead atoms. The van der Waals surface area contributed by atoms with Gasteiger partial charge in [-0.05, 0) is 40.8 Å². The van der Waals surface area contributed by atoms with E-state index in [2.05, 4.69) is 27.9 Å². The van der Waals surface area contributed by atoms with Crippen molar-refractivity contribution < 1.29 is 9.59 Å². The van der Waals surface area contributed by atoms with Crippen LogP contribution in [0.5, 0.6) is 0 Å². The average molecular weight is 427 g/mol. The van der Waals surface area contributed by atoms with Crippen LogP contribution in [0.25, 0.3) is 0 Å². The highest BCUT2D eigenvalue weighted by atomic mass is 127. The number of para-hydroxylation sites is 1. The highest BCUT2D eigenvalue weighted by Gasteiger charge is 2.18. The number of anilines is 1. The molecule has 24 heavy (non-hydrogen) atoms. The van der Waals surface area contributed by atoms with Crippen molar-refractivity contribution in [3.63, 3.8) is 0 Å². The summed E-state index contributed by atoms with van der Waals surface area (Å²) in [5.41, 5.74) is 2.05. The molecule has 0 radical (unpaired) electrons. The zero-order valence-corrected chi connectivity index (χ0v) is 14.9. The largest absolute Gasteiger partial charge is 0.321 e. The third kappa shape index (κ3) is 3.54. The molecule has 0 saturated carbocycles. The molecule has 3 aromatic carbocycles. The van der Waals surface area contributed by atoms with Gasteiger partial charge < -0.3 is 5.32 Å². The average Bonchev–Trinajstić information content (AvgIpc) is 2.63. The van der Waals surface area contributed by atoms with E-state index in [-0.39, 0.29) is 11.7 Å². The third-order valence-electron chi connectivity index (χ3n) is 3.57. The Balaban J connectivity index is 1.93. The maximum absolute atomic E-state index is 12.7. The first kappa shape index (κ1) is 16.4. The third-order valence-corrected chi connectivity index (χ3v) is 4.52. The molecule has 3 nitrogen and oxygen atoms in total. The molecule has 0 aliphatic rings. The van der Waals surface area contributed by atoms with E-state index in [0.717, 1.165) is 9.26 Å². The van der Waals surface area contributed by atoms with Crippen LogP contribution in [0.1, 0.15) is 26.3 Å². The lowest BCUT2D eigenvalue weighted by atomic mass is 9.98. The lowest BCUT2D eigenvalue weighted by molar-refractivity contribution is 0.0996. The number of hydrogen-bond acceptors (Lipinski definition) is 2. The molecular formula is C20H14INO2. The number of carbonyl (C=O) groups is 2. The Labute approximate surface area is 153 Å². The molecule has 0 aliphatic carbocycles. The number of halogens is 1. The van der Waals surface area contributed by atoms with Crippen molar-refractivity contribution in [1.82, 2.24) is 0 Å². The van der Waals surface area contributed by atoms with Crippen LogP contribution in [0.2, 0.25) is 0 Å². The van der Waals surface area contributed by atoms with Crippen molar-refractivity contribution in [1.29, 1.82) is 0 Å². The van der Waals surface area contributed by atoms with Gasteiger partial charge >= 0.3 is 0 Å². The minimum Gasteiger partial charge on any atom is -0.321 e. The molecule has 0 saturated heterocycles. The second kappa shape index (κ2) is 7.40. The van der Waals surface area contributed by atoms with Crippen LogP contribution in [0.4, 0.5) is 5.69 Å². The van der Waals surface area contributed by atoms with Gasteiger partial charge in [-0.2, -0.15) is 0 Å². The molecule has 0 spiro atoms. The fourth-order valence-corrected chi connectivity index (χ4v) is 2.90. The number of ketones is 1. The highest BCUT2D eigenvalue weighted by molar-refractivity contribution is 14.1. The summed E-state index contributed by atoms with van der Waals surface area (Å²) in [6, 6.07) is 23.3. The van der Waals surface area contributed by atoms with E-state index >= 15 is 0 Å². The van der Waals surface area contributed by atoms with Crippen molar-refractivity contribution >= 4 is 40.0 Å². The van der Waals surface area contributed by atoms with E-state index in [1.807, 2.05) is 42.5 Å². The van der Waals surface area contributed by atoms with E-state index in [4.69, 9.17) is 0 Å². The lowest BCUT2D eigenvalue weighted by Crippen LogP contribution is -2.17. The van der Waals surface area contributed by atoms with Crippen molar-refractivity contribution in [2.24, 2.45) is 0 Å². The fourth-order valence-electron chi connectivity index (χ4n) is 2.38. The van der Waals surface area contributed by atoms with Crippen LogP contribution in [0.15, 0.2) is 78.9 Å². The van der Waals surface area contributed by atoms with Crippen LogP contribution < -0.4 is 5.32 Å². The summed E-state index contributed by atoms with van der Waals surface area (Å²) in [5, 5.41) is 2.87. The van der Waals surface area contributed by atoms with Gasteiger partial charge in [0.1, 0.15) is 0 Å². The molecular weight excluding hydrogens is 413 g/mol. The molecule has 3 rings (SSSR count). The van der Waals surface area contributed by atoms with Crippen LogP contribution in [0, 0.1) is 3.57 Å². The first-order valence-electron chi connectivity index (χ1n) is 7.41. The summed E-state index contributed by atoms with van der Waals surface area (Å²) in [7, 11) is 0. The highest BCUT2D eigenvalue weighted by Crippen LogP contribution is 2.20. The first-order chi connectivity index (χ1) is 11.7. The predicted molar refractivity (Wildman–Crippen MR) is 103 cm³/mol. The smallest absolute Gasteiger partial charge is 0.256 e. The molecule has 0 unspecified atom stereocenters. The normalized spacial score (nSPS) is 10.2. The lowest BCUT2D eigenvalue weighted by Gasteiger charge is -2.11. The summed E-state index contributed by atoms with van der Waals surface area (Å²) in [5.74, 6) is -0.455. The molecule has 1 N–H and O–H groups in total. The van der Waals surface area contributed by atoms with Gasteiger partial charge in [0.2, 0.25) is 0 Å². The van der Waals surface area contributed by atoms with Gasteiger partial charge in [0.05, 0.1) is 11.3 Å². The first-order valence-corrected chi connectivity index (χ1v) is 8.49. The quantitative estimate of drug-likeness (QED) is 0.482. The van der Waals surface area contributed by atoms with Crippen LogP contribution in [0.3, 0.4) is 0 Å². The topological polar surface area (TPSA) is 46.2 Å². The molecule has 0 atom stereocenters. The number of rotatable bonds is 4. The van der Waals surface area contributed by atoms with Crippen molar-refractivity contribution in [3.05, 3.63) is 99.1 Å². The minimum atomic E-state index is -0.293. The number of nitrogens with one attached hydrogen (secondary N) is 1. The zero-order chi connectivity index (χ0) is 16.9. The summed E-state index contributed by atoms with van der Waals surface area (Å²) in [6.07, 6.45) is 0. The van der Waals surface area contributed by atoms with Gasteiger partial charge in [0.15, 0.2) is 5.78 Å². The Morgan fingerprint density at radius 2 is 1.29 bits per heavy atom. The van der Waals surface area contributed by atoms with E-state index in [0.29, 0.717) is 16.7 Å². The van der Waals surface area contributed by atoms with Gasteiger partial charge in [-0.3, -0.25) is 9.59 Å². The molecule has 0 aromatic heterocycles. The fraction of sp³-hybridized carbons (Fsp3) is 0. The maximum atomic E-state index is 12.7. The number of carbonyl (C=O) groups excluding carboxylic acids is 2. The van der Waals surface area contributed by atoms with Crippen molar-refractivity contribution in [2.75, 3.05) is 5.32 Å². The van der Waals surface area contributed by atoms with Crippen LogP contribution >= 0.6 is 22.6 Å². The summed E-state index contributed by atoms with van der Waals surface area (Å²) in [6.45, 7) is 0. The van der Waals surface area contributed by atoms with Crippen molar-refractivity contribution in [3.8, 4) is 0 Å².